The van der Waals surface area contributed by atoms with Crippen molar-refractivity contribution in [3.05, 3.63) is 53.8 Å². The van der Waals surface area contributed by atoms with E-state index in [4.69, 9.17) is 0 Å². The Morgan fingerprint density at radius 2 is 1.90 bits per heavy atom. The Balaban J connectivity index is 2.15. The molecule has 1 unspecified atom stereocenters. The van der Waals surface area contributed by atoms with E-state index in [1.165, 1.54) is 13.0 Å². The normalized spacial score (nSPS) is 11.8. The van der Waals surface area contributed by atoms with Crippen LogP contribution in [0.2, 0.25) is 0 Å². The van der Waals surface area contributed by atoms with E-state index < -0.39 is 5.82 Å². The molecule has 2 aromatic carbocycles. The SMILES string of the molecule is CC(=O)Nc1cccc(NC(C)c2ccc(F)cc2O)c1. The zero-order valence-electron chi connectivity index (χ0n) is 11.9. The number of phenolic OH excluding ortho intramolecular Hbond substituents is 1. The second-order valence-electron chi connectivity index (χ2n) is 4.83. The number of anilines is 2. The molecule has 0 fully saturated rings. The molecule has 21 heavy (non-hydrogen) atoms. The summed E-state index contributed by atoms with van der Waals surface area (Å²) in [6.45, 7) is 3.30. The summed E-state index contributed by atoms with van der Waals surface area (Å²) in [6.07, 6.45) is 0. The van der Waals surface area contributed by atoms with Crippen LogP contribution in [0, 0.1) is 5.82 Å². The Morgan fingerprint density at radius 3 is 2.57 bits per heavy atom. The number of amides is 1. The minimum Gasteiger partial charge on any atom is -0.507 e. The summed E-state index contributed by atoms with van der Waals surface area (Å²) >= 11 is 0. The van der Waals surface area contributed by atoms with Gasteiger partial charge in [-0.3, -0.25) is 4.79 Å². The molecule has 3 N–H and O–H groups in total. The van der Waals surface area contributed by atoms with Crippen LogP contribution in [0.3, 0.4) is 0 Å². The molecule has 0 aliphatic rings. The van der Waals surface area contributed by atoms with Gasteiger partial charge < -0.3 is 15.7 Å². The average molecular weight is 288 g/mol. The maximum atomic E-state index is 13.0. The lowest BCUT2D eigenvalue weighted by atomic mass is 10.1. The van der Waals surface area contributed by atoms with Crippen LogP contribution in [0.4, 0.5) is 15.8 Å². The van der Waals surface area contributed by atoms with Crippen LogP contribution in [0.25, 0.3) is 0 Å². The number of carbonyl (C=O) groups excluding carboxylic acids is 1. The highest BCUT2D eigenvalue weighted by Gasteiger charge is 2.11. The first-order chi connectivity index (χ1) is 9.95. The zero-order valence-corrected chi connectivity index (χ0v) is 11.9. The number of rotatable bonds is 4. The van der Waals surface area contributed by atoms with Crippen molar-refractivity contribution in [3.63, 3.8) is 0 Å². The summed E-state index contributed by atoms with van der Waals surface area (Å²) in [5.74, 6) is -0.708. The fourth-order valence-electron chi connectivity index (χ4n) is 2.10. The predicted molar refractivity (Wildman–Crippen MR) is 80.8 cm³/mol. The van der Waals surface area contributed by atoms with Gasteiger partial charge in [0.25, 0.3) is 0 Å². The van der Waals surface area contributed by atoms with Crippen molar-refractivity contribution in [2.24, 2.45) is 0 Å². The number of carbonyl (C=O) groups is 1. The number of hydrogen-bond donors (Lipinski definition) is 3. The van der Waals surface area contributed by atoms with Crippen LogP contribution < -0.4 is 10.6 Å². The first-order valence-electron chi connectivity index (χ1n) is 6.58. The Morgan fingerprint density at radius 1 is 1.19 bits per heavy atom. The molecule has 4 nitrogen and oxygen atoms in total. The van der Waals surface area contributed by atoms with Gasteiger partial charge in [0.1, 0.15) is 11.6 Å². The average Bonchev–Trinajstić information content (AvgIpc) is 2.37. The molecule has 110 valence electrons. The fraction of sp³-hybridized carbons (Fsp3) is 0.188. The minimum absolute atomic E-state index is 0.0898. The van der Waals surface area contributed by atoms with E-state index in [2.05, 4.69) is 10.6 Å². The second kappa shape index (κ2) is 6.26. The van der Waals surface area contributed by atoms with Crippen molar-refractivity contribution in [2.75, 3.05) is 10.6 Å². The number of nitrogens with one attached hydrogen (secondary N) is 2. The smallest absolute Gasteiger partial charge is 0.221 e. The van der Waals surface area contributed by atoms with Gasteiger partial charge in [-0.15, -0.1) is 0 Å². The third-order valence-electron chi connectivity index (χ3n) is 3.03. The summed E-state index contributed by atoms with van der Waals surface area (Å²) in [7, 11) is 0. The lowest BCUT2D eigenvalue weighted by molar-refractivity contribution is -0.114. The van der Waals surface area contributed by atoms with Crippen LogP contribution in [-0.4, -0.2) is 11.0 Å². The fourth-order valence-corrected chi connectivity index (χ4v) is 2.10. The molecule has 0 saturated carbocycles. The lowest BCUT2D eigenvalue weighted by Crippen LogP contribution is -2.09. The van der Waals surface area contributed by atoms with E-state index in [1.54, 1.807) is 18.2 Å². The molecular formula is C16H17FN2O2. The van der Waals surface area contributed by atoms with Crippen LogP contribution in [0.15, 0.2) is 42.5 Å². The summed E-state index contributed by atoms with van der Waals surface area (Å²) in [5, 5.41) is 15.7. The van der Waals surface area contributed by atoms with Gasteiger partial charge in [0.2, 0.25) is 5.91 Å². The topological polar surface area (TPSA) is 61.4 Å². The molecule has 5 heteroatoms. The maximum Gasteiger partial charge on any atom is 0.221 e. The molecular weight excluding hydrogens is 271 g/mol. The van der Waals surface area contributed by atoms with E-state index in [0.717, 1.165) is 11.8 Å². The number of benzene rings is 2. The van der Waals surface area contributed by atoms with Gasteiger partial charge in [0, 0.05) is 29.9 Å². The molecule has 2 rings (SSSR count). The van der Waals surface area contributed by atoms with Crippen LogP contribution in [-0.2, 0) is 4.79 Å². The third kappa shape index (κ3) is 3.95. The van der Waals surface area contributed by atoms with E-state index in [-0.39, 0.29) is 17.7 Å². The molecule has 0 radical (unpaired) electrons. The number of phenols is 1. The van der Waals surface area contributed by atoms with Crippen molar-refractivity contribution in [3.8, 4) is 5.75 Å². The summed E-state index contributed by atoms with van der Waals surface area (Å²) in [6, 6.07) is 11.0. The Kier molecular flexibility index (Phi) is 4.42. The van der Waals surface area contributed by atoms with Crippen LogP contribution in [0.5, 0.6) is 5.75 Å². The maximum absolute atomic E-state index is 13.0. The zero-order chi connectivity index (χ0) is 15.4. The highest BCUT2D eigenvalue weighted by molar-refractivity contribution is 5.89. The second-order valence-corrected chi connectivity index (χ2v) is 4.83. The summed E-state index contributed by atoms with van der Waals surface area (Å²) < 4.78 is 13.0. The Hall–Kier alpha value is -2.56. The van der Waals surface area contributed by atoms with Gasteiger partial charge in [0.05, 0.1) is 6.04 Å². The largest absolute Gasteiger partial charge is 0.507 e. The molecule has 1 amide bonds. The van der Waals surface area contributed by atoms with Crippen LogP contribution in [0.1, 0.15) is 25.5 Å². The summed E-state index contributed by atoms with van der Waals surface area (Å²) in [4.78, 5) is 11.0. The molecule has 0 bridgehead atoms. The van der Waals surface area contributed by atoms with Gasteiger partial charge in [0.15, 0.2) is 0 Å². The van der Waals surface area contributed by atoms with Crippen molar-refractivity contribution in [1.29, 1.82) is 0 Å². The lowest BCUT2D eigenvalue weighted by Gasteiger charge is -2.17. The number of aromatic hydroxyl groups is 1. The molecule has 0 saturated heterocycles. The van der Waals surface area contributed by atoms with Crippen LogP contribution >= 0.6 is 0 Å². The molecule has 0 spiro atoms. The first kappa shape index (κ1) is 14.8. The van der Waals surface area contributed by atoms with E-state index >= 15 is 0 Å². The van der Waals surface area contributed by atoms with E-state index in [1.807, 2.05) is 19.1 Å². The third-order valence-corrected chi connectivity index (χ3v) is 3.03. The standard InChI is InChI=1S/C16H17FN2O2/c1-10(15-7-6-12(17)8-16(15)21)18-13-4-3-5-14(9-13)19-11(2)20/h3-10,18,21H,1-2H3,(H,19,20). The Labute approximate surface area is 122 Å². The van der Waals surface area contributed by atoms with Gasteiger partial charge in [-0.1, -0.05) is 12.1 Å². The number of hydrogen-bond acceptors (Lipinski definition) is 3. The molecule has 0 aliphatic heterocycles. The quantitative estimate of drug-likeness (QED) is 0.804. The van der Waals surface area contributed by atoms with Crippen molar-refractivity contribution in [2.45, 2.75) is 19.9 Å². The van der Waals surface area contributed by atoms with Crippen molar-refractivity contribution < 1.29 is 14.3 Å². The summed E-state index contributed by atoms with van der Waals surface area (Å²) in [5.41, 5.74) is 2.07. The van der Waals surface area contributed by atoms with E-state index in [9.17, 15) is 14.3 Å². The first-order valence-corrected chi connectivity index (χ1v) is 6.58. The van der Waals surface area contributed by atoms with Gasteiger partial charge in [-0.25, -0.2) is 4.39 Å². The highest BCUT2D eigenvalue weighted by atomic mass is 19.1. The Bertz CT molecular complexity index is 658. The van der Waals surface area contributed by atoms with Gasteiger partial charge >= 0.3 is 0 Å². The van der Waals surface area contributed by atoms with Crippen molar-refractivity contribution in [1.82, 2.24) is 0 Å². The molecule has 0 aromatic heterocycles. The molecule has 1 atom stereocenters. The van der Waals surface area contributed by atoms with Crippen molar-refractivity contribution >= 4 is 17.3 Å². The molecule has 2 aromatic rings. The monoisotopic (exact) mass is 288 g/mol. The predicted octanol–water partition coefficient (Wildman–Crippen LogP) is 3.66. The molecule has 0 heterocycles. The van der Waals surface area contributed by atoms with Gasteiger partial charge in [-0.2, -0.15) is 0 Å². The van der Waals surface area contributed by atoms with Gasteiger partial charge in [-0.05, 0) is 31.2 Å². The molecule has 0 aliphatic carbocycles. The number of halogens is 1. The highest BCUT2D eigenvalue weighted by Crippen LogP contribution is 2.28. The van der Waals surface area contributed by atoms with E-state index in [0.29, 0.717) is 11.3 Å². The minimum atomic E-state index is -0.476.